The summed E-state index contributed by atoms with van der Waals surface area (Å²) in [5.41, 5.74) is 3.25. The number of rotatable bonds is 4. The molecule has 0 bridgehead atoms. The lowest BCUT2D eigenvalue weighted by Crippen LogP contribution is -2.58. The summed E-state index contributed by atoms with van der Waals surface area (Å²) in [7, 11) is 0. The van der Waals surface area contributed by atoms with Gasteiger partial charge in [-0.25, -0.2) is 5.43 Å². The van der Waals surface area contributed by atoms with Crippen molar-refractivity contribution in [2.75, 3.05) is 4.90 Å². The van der Waals surface area contributed by atoms with Gasteiger partial charge in [-0.15, -0.1) is 0 Å². The van der Waals surface area contributed by atoms with Gasteiger partial charge in [0, 0.05) is 11.8 Å². The van der Waals surface area contributed by atoms with Crippen LogP contribution in [0.15, 0.2) is 65.8 Å². The number of hydrogen-bond acceptors (Lipinski definition) is 5. The Bertz CT molecular complexity index is 884. The Morgan fingerprint density at radius 1 is 1.08 bits per heavy atom. The van der Waals surface area contributed by atoms with Crippen LogP contribution in [0, 0.1) is 5.92 Å². The third-order valence-electron chi connectivity index (χ3n) is 3.64. The van der Waals surface area contributed by atoms with Crippen LogP contribution in [0.3, 0.4) is 0 Å². The largest absolute Gasteiger partial charge is 0.301 e. The molecule has 0 saturated carbocycles. The number of nitrogens with one attached hydrogen (secondary N) is 2. The molecule has 1 aliphatic rings. The Labute approximate surface area is 154 Å². The average Bonchev–Trinajstić information content (AvgIpc) is 2.65. The second-order valence-corrected chi connectivity index (χ2v) is 5.75. The topological polar surface area (TPSA) is 90.9 Å². The Morgan fingerprint density at radius 3 is 2.35 bits per heavy atom. The van der Waals surface area contributed by atoms with Crippen LogP contribution in [0.2, 0.25) is 0 Å². The van der Waals surface area contributed by atoms with Crippen molar-refractivity contribution in [2.45, 2.75) is 0 Å². The minimum atomic E-state index is -1.20. The van der Waals surface area contributed by atoms with Crippen LogP contribution in [0.4, 0.5) is 5.69 Å². The molecule has 1 aliphatic heterocycles. The van der Waals surface area contributed by atoms with E-state index in [1.165, 1.54) is 4.90 Å². The Kier molecular flexibility index (Phi) is 5.14. The number of benzene rings is 2. The van der Waals surface area contributed by atoms with E-state index < -0.39 is 23.6 Å². The first-order chi connectivity index (χ1) is 12.6. The lowest BCUT2D eigenvalue weighted by molar-refractivity contribution is -0.130. The van der Waals surface area contributed by atoms with Crippen molar-refractivity contribution in [1.82, 2.24) is 10.7 Å². The quantitative estimate of drug-likeness (QED) is 0.371. The number of amides is 3. The highest BCUT2D eigenvalue weighted by Gasteiger charge is 2.38. The predicted octanol–water partition coefficient (Wildman–Crippen LogP) is 1.47. The van der Waals surface area contributed by atoms with Crippen molar-refractivity contribution in [3.8, 4) is 0 Å². The lowest BCUT2D eigenvalue weighted by Gasteiger charge is -2.30. The fourth-order valence-electron chi connectivity index (χ4n) is 2.37. The zero-order chi connectivity index (χ0) is 18.5. The van der Waals surface area contributed by atoms with Crippen molar-refractivity contribution >= 4 is 47.0 Å². The van der Waals surface area contributed by atoms with E-state index in [-0.39, 0.29) is 5.11 Å². The predicted molar refractivity (Wildman–Crippen MR) is 101 cm³/mol. The van der Waals surface area contributed by atoms with Gasteiger partial charge in [-0.1, -0.05) is 36.4 Å². The molecular formula is C18H14N4O3S. The fourth-order valence-corrected chi connectivity index (χ4v) is 2.66. The number of nitrogens with zero attached hydrogens (tertiary/aromatic N) is 2. The normalized spacial score (nSPS) is 17.3. The lowest BCUT2D eigenvalue weighted by atomic mass is 10.1. The van der Waals surface area contributed by atoms with Gasteiger partial charge in [0.1, 0.15) is 0 Å². The highest BCUT2D eigenvalue weighted by molar-refractivity contribution is 7.80. The summed E-state index contributed by atoms with van der Waals surface area (Å²) in [6.45, 7) is 0. The third-order valence-corrected chi connectivity index (χ3v) is 3.93. The SMILES string of the molecule is O=C(NN=CC1C(=O)NC(=S)N(c2ccccc2)C1=O)c1ccccc1. The number of hydrazone groups is 1. The monoisotopic (exact) mass is 366 g/mol. The van der Waals surface area contributed by atoms with Crippen molar-refractivity contribution < 1.29 is 14.4 Å². The van der Waals surface area contributed by atoms with Crippen molar-refractivity contribution in [3.63, 3.8) is 0 Å². The number of thiocarbonyl (C=S) groups is 1. The molecule has 0 aliphatic carbocycles. The van der Waals surface area contributed by atoms with Crippen molar-refractivity contribution in [1.29, 1.82) is 0 Å². The molecule has 0 radical (unpaired) electrons. The van der Waals surface area contributed by atoms with Gasteiger partial charge >= 0.3 is 0 Å². The number of anilines is 1. The fraction of sp³-hybridized carbons (Fsp3) is 0.0556. The molecule has 1 atom stereocenters. The van der Waals surface area contributed by atoms with Gasteiger partial charge in [0.05, 0.1) is 5.69 Å². The van der Waals surface area contributed by atoms with E-state index in [2.05, 4.69) is 15.8 Å². The van der Waals surface area contributed by atoms with Crippen LogP contribution < -0.4 is 15.6 Å². The molecule has 1 unspecified atom stereocenters. The molecule has 7 nitrogen and oxygen atoms in total. The first kappa shape index (κ1) is 17.4. The van der Waals surface area contributed by atoms with Gasteiger partial charge < -0.3 is 5.32 Å². The average molecular weight is 366 g/mol. The molecule has 0 spiro atoms. The molecule has 2 aromatic carbocycles. The molecule has 1 saturated heterocycles. The van der Waals surface area contributed by atoms with Crippen LogP contribution in [0.5, 0.6) is 0 Å². The van der Waals surface area contributed by atoms with Crippen LogP contribution in [-0.2, 0) is 9.59 Å². The maximum atomic E-state index is 12.7. The highest BCUT2D eigenvalue weighted by atomic mass is 32.1. The molecule has 2 aromatic rings. The van der Waals surface area contributed by atoms with E-state index in [9.17, 15) is 14.4 Å². The maximum Gasteiger partial charge on any atom is 0.271 e. The first-order valence-corrected chi connectivity index (χ1v) is 8.11. The number of carbonyl (C=O) groups is 3. The van der Waals surface area contributed by atoms with Crippen LogP contribution in [0.1, 0.15) is 10.4 Å². The first-order valence-electron chi connectivity index (χ1n) is 7.70. The Morgan fingerprint density at radius 2 is 1.69 bits per heavy atom. The molecule has 26 heavy (non-hydrogen) atoms. The smallest absolute Gasteiger partial charge is 0.271 e. The molecule has 3 amide bonds. The summed E-state index contributed by atoms with van der Waals surface area (Å²) in [5, 5.41) is 6.22. The number of hydrogen-bond donors (Lipinski definition) is 2. The summed E-state index contributed by atoms with van der Waals surface area (Å²) < 4.78 is 0. The zero-order valence-electron chi connectivity index (χ0n) is 13.5. The minimum absolute atomic E-state index is 0.00386. The standard InChI is InChI=1S/C18H14N4O3S/c23-15(12-7-3-1-4-8-12)21-19-11-14-16(24)20-18(26)22(17(14)25)13-9-5-2-6-10-13/h1-11,14H,(H,21,23)(H,20,24,26). The number of carbonyl (C=O) groups excluding carboxylic acids is 3. The maximum absolute atomic E-state index is 12.7. The molecule has 8 heteroatoms. The zero-order valence-corrected chi connectivity index (χ0v) is 14.3. The van der Waals surface area contributed by atoms with Crippen molar-refractivity contribution in [3.05, 3.63) is 66.2 Å². The molecule has 2 N–H and O–H groups in total. The van der Waals surface area contributed by atoms with Crippen molar-refractivity contribution in [2.24, 2.45) is 11.0 Å². The molecule has 0 aromatic heterocycles. The highest BCUT2D eigenvalue weighted by Crippen LogP contribution is 2.19. The van der Waals surface area contributed by atoms with Gasteiger partial charge in [0.2, 0.25) is 5.91 Å². The minimum Gasteiger partial charge on any atom is -0.301 e. The van der Waals surface area contributed by atoms with E-state index in [0.717, 1.165) is 6.21 Å². The van der Waals surface area contributed by atoms with Gasteiger partial charge in [-0.3, -0.25) is 19.3 Å². The van der Waals surface area contributed by atoms with E-state index in [4.69, 9.17) is 12.2 Å². The van der Waals surface area contributed by atoms with E-state index in [1.54, 1.807) is 60.7 Å². The van der Waals surface area contributed by atoms with Gasteiger partial charge in [-0.05, 0) is 36.5 Å². The van der Waals surface area contributed by atoms with Crippen LogP contribution in [0.25, 0.3) is 0 Å². The Balaban J connectivity index is 1.74. The van der Waals surface area contributed by atoms with E-state index in [0.29, 0.717) is 11.3 Å². The molecule has 1 fully saturated rings. The number of para-hydroxylation sites is 1. The Hall–Kier alpha value is -3.39. The summed E-state index contributed by atoms with van der Waals surface area (Å²) in [6, 6.07) is 17.2. The van der Waals surface area contributed by atoms with E-state index in [1.807, 2.05) is 0 Å². The molecular weight excluding hydrogens is 352 g/mol. The van der Waals surface area contributed by atoms with E-state index >= 15 is 0 Å². The third kappa shape index (κ3) is 3.65. The molecule has 1 heterocycles. The summed E-state index contributed by atoms with van der Waals surface area (Å²) in [5.74, 6) is -2.77. The molecule has 130 valence electrons. The van der Waals surface area contributed by atoms with Crippen LogP contribution >= 0.6 is 12.2 Å². The summed E-state index contributed by atoms with van der Waals surface area (Å²) in [6.07, 6.45) is 1.09. The van der Waals surface area contributed by atoms with Gasteiger partial charge in [0.15, 0.2) is 11.0 Å². The van der Waals surface area contributed by atoms with Crippen LogP contribution in [-0.4, -0.2) is 29.0 Å². The second-order valence-electron chi connectivity index (χ2n) is 5.37. The summed E-state index contributed by atoms with van der Waals surface area (Å²) >= 11 is 5.09. The van der Waals surface area contributed by atoms with Gasteiger partial charge in [0.25, 0.3) is 11.8 Å². The molecule has 3 rings (SSSR count). The van der Waals surface area contributed by atoms with Gasteiger partial charge in [-0.2, -0.15) is 5.10 Å². The summed E-state index contributed by atoms with van der Waals surface area (Å²) in [4.78, 5) is 37.9. The second kappa shape index (κ2) is 7.66.